The maximum atomic E-state index is 14.0. The Bertz CT molecular complexity index is 1170. The van der Waals surface area contributed by atoms with Crippen molar-refractivity contribution in [3.8, 4) is 11.4 Å². The largest absolute Gasteiger partial charge is 0.464 e. The first kappa shape index (κ1) is 21.2. The summed E-state index contributed by atoms with van der Waals surface area (Å²) >= 11 is 12.1. The first-order chi connectivity index (χ1) is 13.5. The van der Waals surface area contributed by atoms with Crippen LogP contribution in [-0.4, -0.2) is 27.5 Å². The number of nitrogens with zero attached hydrogens (tertiary/aromatic N) is 3. The van der Waals surface area contributed by atoms with Crippen molar-refractivity contribution in [2.45, 2.75) is 19.5 Å². The molecule has 0 aliphatic rings. The number of hydrogen-bond donors (Lipinski definition) is 1. The van der Waals surface area contributed by atoms with Crippen LogP contribution in [0.4, 0.5) is 8.78 Å². The molecule has 0 spiro atoms. The fourth-order valence-electron chi connectivity index (χ4n) is 2.80. The van der Waals surface area contributed by atoms with E-state index >= 15 is 0 Å². The average molecular weight is 440 g/mol. The maximum Gasteiger partial charge on any atom is 0.277 e. The molecule has 11 heteroatoms. The van der Waals surface area contributed by atoms with Crippen LogP contribution in [0.5, 0.6) is 5.75 Å². The van der Waals surface area contributed by atoms with Crippen LogP contribution in [0, 0.1) is 25.5 Å². The summed E-state index contributed by atoms with van der Waals surface area (Å²) < 4.78 is 33.8. The molecule has 0 saturated carbocycles. The number of aliphatic hydroxyl groups is 1. The second kappa shape index (κ2) is 7.74. The predicted molar refractivity (Wildman–Crippen MR) is 107 cm³/mol. The van der Waals surface area contributed by atoms with Gasteiger partial charge in [-0.3, -0.25) is 9.36 Å². The third kappa shape index (κ3) is 4.12. The van der Waals surface area contributed by atoms with Crippen molar-refractivity contribution in [3.05, 3.63) is 79.7 Å². The van der Waals surface area contributed by atoms with Gasteiger partial charge in [-0.25, -0.2) is 18.7 Å². The van der Waals surface area contributed by atoms with E-state index < -0.39 is 28.6 Å². The number of aryl methyl sites for hydroxylation is 2. The first-order valence-electron chi connectivity index (χ1n) is 8.29. The molecule has 6 nitrogen and oxygen atoms in total. The molecule has 3 aromatic heterocycles. The van der Waals surface area contributed by atoms with Crippen LogP contribution >= 0.6 is 23.2 Å². The summed E-state index contributed by atoms with van der Waals surface area (Å²) in [7, 11) is 1.10. The molecule has 1 unspecified atom stereocenters. The van der Waals surface area contributed by atoms with Crippen molar-refractivity contribution in [2.24, 2.45) is 0 Å². The highest BCUT2D eigenvalue weighted by molar-refractivity contribution is 6.32. The molecule has 150 valence electrons. The number of ether oxygens (including phenoxy) is 1. The van der Waals surface area contributed by atoms with E-state index in [9.17, 15) is 18.7 Å². The maximum absolute atomic E-state index is 14.0. The average Bonchev–Trinajstić information content (AvgIpc) is 2.62. The van der Waals surface area contributed by atoms with Crippen LogP contribution in [0.1, 0.15) is 17.0 Å². The molecule has 0 radical (unpaired) electrons. The summed E-state index contributed by atoms with van der Waals surface area (Å²) in [6, 6.07) is 3.46. The molecule has 1 atom stereocenters. The predicted octanol–water partition coefficient (Wildman–Crippen LogP) is 2.64. The highest BCUT2D eigenvalue weighted by Crippen LogP contribution is 2.30. The van der Waals surface area contributed by atoms with Gasteiger partial charge in [-0.1, -0.05) is 23.2 Å². The molecule has 3 rings (SSSR count). The minimum absolute atomic E-state index is 0.189. The number of rotatable bonds is 4. The topological polar surface area (TPSA) is 77.2 Å². The van der Waals surface area contributed by atoms with Gasteiger partial charge in [0.05, 0.1) is 11.9 Å². The van der Waals surface area contributed by atoms with E-state index in [0.717, 1.165) is 14.0 Å². The highest BCUT2D eigenvalue weighted by Gasteiger charge is 2.32. The zero-order chi connectivity index (χ0) is 21.5. The van der Waals surface area contributed by atoms with Crippen LogP contribution in [-0.2, 0) is 5.69 Å². The molecule has 3 heterocycles. The first-order valence-corrected chi connectivity index (χ1v) is 9.04. The molecule has 3 aromatic rings. The third-order valence-electron chi connectivity index (χ3n) is 4.14. The van der Waals surface area contributed by atoms with Gasteiger partial charge in [0.15, 0.2) is 5.82 Å². The van der Waals surface area contributed by atoms with Crippen LogP contribution in [0.15, 0.2) is 35.4 Å². The van der Waals surface area contributed by atoms with E-state index in [4.69, 9.17) is 27.9 Å². The molecule has 0 bridgehead atoms. The van der Waals surface area contributed by atoms with Gasteiger partial charge in [0.2, 0.25) is 13.5 Å². The number of hydrogen-bond acceptors (Lipinski definition) is 5. The van der Waals surface area contributed by atoms with Crippen molar-refractivity contribution in [3.63, 3.8) is 0 Å². The standard InChI is InChI=1S/C18H14BCl2F2N3O3/c1-8-6-24-14(20)5-12(8)26-9(2)3-13(15(21)17(26)27)29-18(19,28)16-11(23)4-10(22)7-25-16/h3-7,28H,19H2,1-2H3. The Morgan fingerprint density at radius 2 is 1.86 bits per heavy atom. The van der Waals surface area contributed by atoms with Gasteiger partial charge in [0, 0.05) is 24.0 Å². The molecule has 0 amide bonds. The molecular formula is C18H14BCl2F2N3O3. The lowest BCUT2D eigenvalue weighted by Gasteiger charge is -2.26. The Kier molecular flexibility index (Phi) is 5.66. The fraction of sp³-hybridized carbons (Fsp3) is 0.167. The summed E-state index contributed by atoms with van der Waals surface area (Å²) in [5.74, 6) is -2.22. The summed E-state index contributed by atoms with van der Waals surface area (Å²) in [5.41, 5.74) is -1.97. The highest BCUT2D eigenvalue weighted by atomic mass is 35.5. The number of aromatic nitrogens is 3. The zero-order valence-corrected chi connectivity index (χ0v) is 17.0. The molecule has 0 aliphatic carbocycles. The molecule has 0 aromatic carbocycles. The van der Waals surface area contributed by atoms with Gasteiger partial charge < -0.3 is 9.84 Å². The minimum Gasteiger partial charge on any atom is -0.464 e. The van der Waals surface area contributed by atoms with Crippen molar-refractivity contribution >= 4 is 31.0 Å². The Balaban J connectivity index is 2.09. The number of halogens is 4. The van der Waals surface area contributed by atoms with Crippen LogP contribution < -0.4 is 10.3 Å². The Morgan fingerprint density at radius 3 is 2.52 bits per heavy atom. The summed E-state index contributed by atoms with van der Waals surface area (Å²) in [6.45, 7) is 3.36. The normalized spacial score (nSPS) is 13.2. The Hall–Kier alpha value is -2.49. The van der Waals surface area contributed by atoms with Crippen molar-refractivity contribution < 1.29 is 18.6 Å². The molecule has 0 fully saturated rings. The van der Waals surface area contributed by atoms with Gasteiger partial charge >= 0.3 is 0 Å². The smallest absolute Gasteiger partial charge is 0.277 e. The lowest BCUT2D eigenvalue weighted by Crippen LogP contribution is -2.36. The van der Waals surface area contributed by atoms with E-state index in [1.165, 1.54) is 22.9 Å². The molecule has 0 saturated heterocycles. The second-order valence-corrected chi connectivity index (χ2v) is 7.23. The fourth-order valence-corrected chi connectivity index (χ4v) is 3.13. The number of pyridine rings is 3. The second-order valence-electron chi connectivity index (χ2n) is 6.47. The van der Waals surface area contributed by atoms with Gasteiger partial charge in [-0.15, -0.1) is 0 Å². The summed E-state index contributed by atoms with van der Waals surface area (Å²) in [4.78, 5) is 20.4. The minimum atomic E-state index is -2.32. The zero-order valence-electron chi connectivity index (χ0n) is 15.5. The van der Waals surface area contributed by atoms with E-state index in [2.05, 4.69) is 9.97 Å². The van der Waals surface area contributed by atoms with Gasteiger partial charge in [0.1, 0.15) is 27.4 Å². The molecule has 1 N–H and O–H groups in total. The lowest BCUT2D eigenvalue weighted by atomic mass is 9.90. The Morgan fingerprint density at radius 1 is 1.17 bits per heavy atom. The Labute approximate surface area is 175 Å². The van der Waals surface area contributed by atoms with Crippen molar-refractivity contribution in [1.82, 2.24) is 14.5 Å². The molecular weight excluding hydrogens is 426 g/mol. The van der Waals surface area contributed by atoms with Crippen molar-refractivity contribution in [2.75, 3.05) is 0 Å². The lowest BCUT2D eigenvalue weighted by molar-refractivity contribution is -0.0736. The van der Waals surface area contributed by atoms with Gasteiger partial charge in [-0.2, -0.15) is 0 Å². The van der Waals surface area contributed by atoms with Crippen LogP contribution in [0.3, 0.4) is 0 Å². The van der Waals surface area contributed by atoms with Crippen LogP contribution in [0.2, 0.25) is 10.2 Å². The third-order valence-corrected chi connectivity index (χ3v) is 4.69. The van der Waals surface area contributed by atoms with Gasteiger partial charge in [-0.05, 0) is 25.5 Å². The summed E-state index contributed by atoms with van der Waals surface area (Å²) in [6.07, 6.45) is 2.24. The van der Waals surface area contributed by atoms with E-state index in [0.29, 0.717) is 23.0 Å². The van der Waals surface area contributed by atoms with E-state index in [1.807, 2.05) is 0 Å². The molecule has 29 heavy (non-hydrogen) atoms. The quantitative estimate of drug-likeness (QED) is 0.384. The van der Waals surface area contributed by atoms with Crippen molar-refractivity contribution in [1.29, 1.82) is 0 Å². The molecule has 0 aliphatic heterocycles. The van der Waals surface area contributed by atoms with E-state index in [-0.39, 0.29) is 15.9 Å². The van der Waals surface area contributed by atoms with E-state index in [1.54, 1.807) is 13.8 Å². The monoisotopic (exact) mass is 439 g/mol. The van der Waals surface area contributed by atoms with Gasteiger partial charge in [0.25, 0.3) is 5.56 Å². The SMILES string of the molecule is BC(O)(Oc1cc(C)n(-c2cc(Cl)ncc2C)c(=O)c1Cl)c1ncc(F)cc1F. The van der Waals surface area contributed by atoms with Crippen LogP contribution in [0.25, 0.3) is 5.69 Å². The summed E-state index contributed by atoms with van der Waals surface area (Å²) in [5, 5.41) is 10.4.